The SMILES string of the molecule is I.OCC1CCN(c2ccc(CNC3=NCCCN3)cc2)CC1. The maximum absolute atomic E-state index is 9.21. The Hall–Kier alpha value is -1.02. The van der Waals surface area contributed by atoms with Gasteiger partial charge in [-0.3, -0.25) is 4.99 Å². The highest BCUT2D eigenvalue weighted by molar-refractivity contribution is 14.0. The third-order valence-electron chi connectivity index (χ3n) is 4.53. The standard InChI is InChI=1S/C17H26N4O.HI/c22-13-15-6-10-21(11-7-15)16-4-2-14(3-5-16)12-20-17-18-8-1-9-19-17;/h2-5,15,22H,1,6-13H2,(H2,18,19,20);1H. The lowest BCUT2D eigenvalue weighted by Crippen LogP contribution is -2.40. The van der Waals surface area contributed by atoms with E-state index in [2.05, 4.69) is 44.8 Å². The fourth-order valence-electron chi connectivity index (χ4n) is 3.04. The van der Waals surface area contributed by atoms with Gasteiger partial charge < -0.3 is 20.6 Å². The molecule has 0 atom stereocenters. The van der Waals surface area contributed by atoms with Gasteiger partial charge in [-0.25, -0.2) is 0 Å². The number of nitrogens with zero attached hydrogens (tertiary/aromatic N) is 2. The van der Waals surface area contributed by atoms with Crippen molar-refractivity contribution in [2.75, 3.05) is 37.7 Å². The summed E-state index contributed by atoms with van der Waals surface area (Å²) in [5.74, 6) is 1.41. The Morgan fingerprint density at radius 1 is 1.22 bits per heavy atom. The number of rotatable bonds is 4. The second kappa shape index (κ2) is 9.32. The van der Waals surface area contributed by atoms with Crippen LogP contribution in [0, 0.1) is 5.92 Å². The zero-order valence-electron chi connectivity index (χ0n) is 13.5. The van der Waals surface area contributed by atoms with Crippen LogP contribution in [0.5, 0.6) is 0 Å². The normalized spacial score (nSPS) is 18.7. The molecule has 1 aromatic rings. The summed E-state index contributed by atoms with van der Waals surface area (Å²) in [5.41, 5.74) is 2.55. The second-order valence-corrected chi connectivity index (χ2v) is 6.14. The highest BCUT2D eigenvalue weighted by Gasteiger charge is 2.18. The molecule has 0 spiro atoms. The van der Waals surface area contributed by atoms with Crippen LogP contribution >= 0.6 is 24.0 Å². The summed E-state index contributed by atoms with van der Waals surface area (Å²) in [5, 5.41) is 15.8. The van der Waals surface area contributed by atoms with Crippen molar-refractivity contribution in [1.29, 1.82) is 0 Å². The van der Waals surface area contributed by atoms with Crippen LogP contribution in [0.2, 0.25) is 0 Å². The summed E-state index contributed by atoms with van der Waals surface area (Å²) in [6, 6.07) is 8.77. The van der Waals surface area contributed by atoms with Crippen LogP contribution in [-0.2, 0) is 6.54 Å². The number of guanidine groups is 1. The van der Waals surface area contributed by atoms with Crippen molar-refractivity contribution in [2.45, 2.75) is 25.8 Å². The Labute approximate surface area is 155 Å². The summed E-state index contributed by atoms with van der Waals surface area (Å²) >= 11 is 0. The van der Waals surface area contributed by atoms with Gasteiger partial charge in [-0.05, 0) is 42.9 Å². The first kappa shape index (κ1) is 18.3. The minimum atomic E-state index is 0. The summed E-state index contributed by atoms with van der Waals surface area (Å²) in [6.45, 7) is 5.15. The first-order valence-corrected chi connectivity index (χ1v) is 8.32. The van der Waals surface area contributed by atoms with E-state index in [-0.39, 0.29) is 24.0 Å². The van der Waals surface area contributed by atoms with Crippen molar-refractivity contribution in [3.05, 3.63) is 29.8 Å². The number of hydrogen-bond acceptors (Lipinski definition) is 5. The number of aliphatic imine (C=N–C) groups is 1. The minimum absolute atomic E-state index is 0. The van der Waals surface area contributed by atoms with E-state index in [1.807, 2.05) is 0 Å². The van der Waals surface area contributed by atoms with Crippen LogP contribution in [-0.4, -0.2) is 43.9 Å². The molecule has 23 heavy (non-hydrogen) atoms. The molecule has 128 valence electrons. The van der Waals surface area contributed by atoms with Crippen LogP contribution in [0.4, 0.5) is 5.69 Å². The Balaban J connectivity index is 0.00000192. The molecule has 1 saturated heterocycles. The summed E-state index contributed by atoms with van der Waals surface area (Å²) < 4.78 is 0. The zero-order valence-corrected chi connectivity index (χ0v) is 15.8. The highest BCUT2D eigenvalue weighted by atomic mass is 127. The molecule has 3 N–H and O–H groups in total. The van der Waals surface area contributed by atoms with Gasteiger partial charge in [0, 0.05) is 45.0 Å². The lowest BCUT2D eigenvalue weighted by atomic mass is 9.97. The van der Waals surface area contributed by atoms with E-state index in [1.165, 1.54) is 11.3 Å². The molecule has 2 heterocycles. The van der Waals surface area contributed by atoms with E-state index < -0.39 is 0 Å². The molecule has 2 aliphatic rings. The molecule has 0 aromatic heterocycles. The van der Waals surface area contributed by atoms with Gasteiger partial charge in [-0.1, -0.05) is 12.1 Å². The molecular formula is C17H27IN4O. The lowest BCUT2D eigenvalue weighted by molar-refractivity contribution is 0.203. The topological polar surface area (TPSA) is 59.9 Å². The molecule has 3 rings (SSSR count). The van der Waals surface area contributed by atoms with Crippen LogP contribution in [0.3, 0.4) is 0 Å². The molecule has 6 heteroatoms. The summed E-state index contributed by atoms with van der Waals surface area (Å²) in [6.07, 6.45) is 3.30. The summed E-state index contributed by atoms with van der Waals surface area (Å²) in [7, 11) is 0. The van der Waals surface area contributed by atoms with E-state index in [1.54, 1.807) is 0 Å². The average molecular weight is 430 g/mol. The van der Waals surface area contributed by atoms with Crippen LogP contribution in [0.25, 0.3) is 0 Å². The quantitative estimate of drug-likeness (QED) is 0.640. The smallest absolute Gasteiger partial charge is 0.191 e. The highest BCUT2D eigenvalue weighted by Crippen LogP contribution is 2.23. The predicted molar refractivity (Wildman–Crippen MR) is 106 cm³/mol. The predicted octanol–water partition coefficient (Wildman–Crippen LogP) is 1.95. The molecule has 1 aromatic carbocycles. The minimum Gasteiger partial charge on any atom is -0.396 e. The van der Waals surface area contributed by atoms with E-state index in [0.717, 1.165) is 57.9 Å². The van der Waals surface area contributed by atoms with Gasteiger partial charge in [0.15, 0.2) is 5.96 Å². The zero-order chi connectivity index (χ0) is 15.2. The van der Waals surface area contributed by atoms with E-state index in [4.69, 9.17) is 0 Å². The largest absolute Gasteiger partial charge is 0.396 e. The fraction of sp³-hybridized carbons (Fsp3) is 0.588. The molecule has 0 radical (unpaired) electrons. The van der Waals surface area contributed by atoms with Gasteiger partial charge >= 0.3 is 0 Å². The number of halogens is 1. The van der Waals surface area contributed by atoms with Gasteiger partial charge in [-0.2, -0.15) is 0 Å². The van der Waals surface area contributed by atoms with Crippen molar-refractivity contribution in [3.8, 4) is 0 Å². The first-order valence-electron chi connectivity index (χ1n) is 8.32. The third kappa shape index (κ3) is 5.24. The van der Waals surface area contributed by atoms with Gasteiger partial charge in [0.25, 0.3) is 0 Å². The number of nitrogens with one attached hydrogen (secondary N) is 2. The number of anilines is 1. The Morgan fingerprint density at radius 2 is 1.96 bits per heavy atom. The number of hydrogen-bond donors (Lipinski definition) is 3. The average Bonchev–Trinajstić information content (AvgIpc) is 2.61. The van der Waals surface area contributed by atoms with Crippen molar-refractivity contribution < 1.29 is 5.11 Å². The first-order chi connectivity index (χ1) is 10.8. The van der Waals surface area contributed by atoms with E-state index in [9.17, 15) is 5.11 Å². The van der Waals surface area contributed by atoms with Crippen LogP contribution in [0.1, 0.15) is 24.8 Å². The van der Waals surface area contributed by atoms with E-state index >= 15 is 0 Å². The molecule has 0 aliphatic carbocycles. The van der Waals surface area contributed by atoms with Crippen molar-refractivity contribution in [3.63, 3.8) is 0 Å². The van der Waals surface area contributed by atoms with E-state index in [0.29, 0.717) is 12.5 Å². The molecule has 5 nitrogen and oxygen atoms in total. The maximum atomic E-state index is 9.21. The second-order valence-electron chi connectivity index (χ2n) is 6.14. The van der Waals surface area contributed by atoms with Gasteiger partial charge in [0.05, 0.1) is 0 Å². The molecule has 0 amide bonds. The van der Waals surface area contributed by atoms with Crippen LogP contribution < -0.4 is 15.5 Å². The lowest BCUT2D eigenvalue weighted by Gasteiger charge is -2.33. The number of aliphatic hydroxyl groups excluding tert-OH is 1. The van der Waals surface area contributed by atoms with Crippen molar-refractivity contribution >= 4 is 35.6 Å². The molecule has 2 aliphatic heterocycles. The number of benzene rings is 1. The summed E-state index contributed by atoms with van der Waals surface area (Å²) in [4.78, 5) is 6.83. The van der Waals surface area contributed by atoms with Gasteiger partial charge in [0.2, 0.25) is 0 Å². The van der Waals surface area contributed by atoms with Gasteiger partial charge in [0.1, 0.15) is 0 Å². The Kier molecular flexibility index (Phi) is 7.42. The van der Waals surface area contributed by atoms with Crippen molar-refractivity contribution in [1.82, 2.24) is 10.6 Å². The Bertz CT molecular complexity index is 498. The third-order valence-corrected chi connectivity index (χ3v) is 4.53. The monoisotopic (exact) mass is 430 g/mol. The number of aliphatic hydroxyl groups is 1. The maximum Gasteiger partial charge on any atom is 0.191 e. The van der Waals surface area contributed by atoms with Crippen molar-refractivity contribution in [2.24, 2.45) is 10.9 Å². The Morgan fingerprint density at radius 3 is 2.57 bits per heavy atom. The fourth-order valence-corrected chi connectivity index (χ4v) is 3.04. The molecule has 0 saturated carbocycles. The van der Waals surface area contributed by atoms with Crippen LogP contribution in [0.15, 0.2) is 29.3 Å². The molecule has 1 fully saturated rings. The molecule has 0 unspecified atom stereocenters. The molecular weight excluding hydrogens is 403 g/mol. The molecule has 0 bridgehead atoms. The number of piperidine rings is 1. The van der Waals surface area contributed by atoms with Gasteiger partial charge in [-0.15, -0.1) is 24.0 Å².